The molecule has 42 heavy (non-hydrogen) atoms. The molecule has 2 heterocycles. The van der Waals surface area contributed by atoms with Gasteiger partial charge in [-0.05, 0) is 87.4 Å². The largest absolute Gasteiger partial charge is 1.00 e. The first kappa shape index (κ1) is 40.3. The van der Waals surface area contributed by atoms with Crippen molar-refractivity contribution >= 4 is 57.4 Å². The third-order valence-electron chi connectivity index (χ3n) is 5.07. The van der Waals surface area contributed by atoms with E-state index in [2.05, 4.69) is 45.8 Å². The van der Waals surface area contributed by atoms with Gasteiger partial charge < -0.3 is 30.9 Å². The molecule has 0 unspecified atom stereocenters. The van der Waals surface area contributed by atoms with E-state index in [-0.39, 0.29) is 37.2 Å². The van der Waals surface area contributed by atoms with Crippen molar-refractivity contribution in [2.75, 3.05) is 0 Å². The minimum absolute atomic E-state index is 0. The van der Waals surface area contributed by atoms with Gasteiger partial charge in [0, 0.05) is 53.0 Å². The van der Waals surface area contributed by atoms with Crippen LogP contribution in [0, 0.1) is 6.92 Å². The van der Waals surface area contributed by atoms with Crippen molar-refractivity contribution in [3.05, 3.63) is 84.7 Å². The summed E-state index contributed by atoms with van der Waals surface area (Å²) in [5.41, 5.74) is 0.499. The fourth-order valence-electron chi connectivity index (χ4n) is 3.08. The molecule has 7 nitrogen and oxygen atoms in total. The number of pyridine rings is 2. The van der Waals surface area contributed by atoms with Crippen LogP contribution in [0.15, 0.2) is 77.8 Å². The fraction of sp³-hybridized carbons (Fsp3) is 0.387. The molecule has 4 aromatic rings. The van der Waals surface area contributed by atoms with Gasteiger partial charge in [-0.2, -0.15) is 6.42 Å². The molecule has 2 aromatic carbocycles. The minimum Gasteiger partial charge on any atom is -0.423 e. The average molecular weight is 633 g/mol. The van der Waals surface area contributed by atoms with Crippen molar-refractivity contribution in [1.29, 1.82) is 0 Å². The summed E-state index contributed by atoms with van der Waals surface area (Å²) in [4.78, 5) is 7.99. The Kier molecular flexibility index (Phi) is 21.8. The van der Waals surface area contributed by atoms with Crippen molar-refractivity contribution in [3.63, 3.8) is 0 Å². The number of nitrogens with zero attached hydrogens (tertiary/aromatic N) is 2. The maximum Gasteiger partial charge on any atom is 1.00 e. The van der Waals surface area contributed by atoms with Crippen LogP contribution >= 0.6 is 15.9 Å². The number of unbranched alkanes of at least 4 members (excludes halogenated alkanes) is 1. The normalized spacial score (nSPS) is 10.2. The summed E-state index contributed by atoms with van der Waals surface area (Å²) < 4.78 is 17.4. The molecule has 11 heteroatoms. The molecule has 0 amide bonds. The molecule has 0 radical (unpaired) electrons. The SMILES string of the molecule is Brc1ccc2cnccc2c1.CC(C)OB(OC(C)C)OC(C)C.OB(O)c1ccc2cnccc2c1.[CH2-]CCC.[Li+]. The first-order chi connectivity index (χ1) is 19.5. The zero-order valence-electron chi connectivity index (χ0n) is 26.3. The molecule has 0 atom stereocenters. The predicted octanol–water partition coefficient (Wildman–Crippen LogP) is 3.78. The van der Waals surface area contributed by atoms with E-state index in [1.165, 1.54) is 17.2 Å². The summed E-state index contributed by atoms with van der Waals surface area (Å²) in [5.74, 6) is 0. The Morgan fingerprint density at radius 1 is 0.738 bits per heavy atom. The second-order valence-electron chi connectivity index (χ2n) is 9.92. The van der Waals surface area contributed by atoms with Crippen LogP contribution in [0.2, 0.25) is 0 Å². The van der Waals surface area contributed by atoms with E-state index in [9.17, 15) is 0 Å². The van der Waals surface area contributed by atoms with Crippen molar-refractivity contribution in [2.45, 2.75) is 79.6 Å². The number of aromatic nitrogens is 2. The van der Waals surface area contributed by atoms with Gasteiger partial charge in [0.25, 0.3) is 0 Å². The van der Waals surface area contributed by atoms with Crippen LogP contribution in [0.1, 0.15) is 61.3 Å². The fourth-order valence-corrected chi connectivity index (χ4v) is 3.46. The number of benzene rings is 2. The molecular weight excluding hydrogens is 589 g/mol. The Labute approximate surface area is 273 Å². The number of fused-ring (bicyclic) bond motifs is 2. The second kappa shape index (κ2) is 22.8. The van der Waals surface area contributed by atoms with E-state index >= 15 is 0 Å². The van der Waals surface area contributed by atoms with Gasteiger partial charge >= 0.3 is 33.3 Å². The third kappa shape index (κ3) is 17.4. The topological polar surface area (TPSA) is 93.9 Å². The molecule has 0 aliphatic heterocycles. The molecule has 0 spiro atoms. The minimum atomic E-state index is -1.41. The Hall–Kier alpha value is -1.73. The van der Waals surface area contributed by atoms with Gasteiger partial charge in [0.05, 0.1) is 0 Å². The molecule has 222 valence electrons. The van der Waals surface area contributed by atoms with Gasteiger partial charge in [0.1, 0.15) is 0 Å². The van der Waals surface area contributed by atoms with E-state index in [1.807, 2.05) is 78.1 Å². The number of rotatable bonds is 8. The van der Waals surface area contributed by atoms with Crippen LogP contribution in [-0.4, -0.2) is 52.8 Å². The molecule has 4 rings (SSSR count). The van der Waals surface area contributed by atoms with Crippen LogP contribution in [-0.2, 0) is 14.0 Å². The van der Waals surface area contributed by atoms with Crippen molar-refractivity contribution in [3.8, 4) is 0 Å². The molecule has 0 aliphatic carbocycles. The van der Waals surface area contributed by atoms with Crippen LogP contribution < -0.4 is 24.3 Å². The average Bonchev–Trinajstić information content (AvgIpc) is 2.92. The maximum atomic E-state index is 8.92. The summed E-state index contributed by atoms with van der Waals surface area (Å²) in [7, 11) is -1.95. The molecule has 0 fully saturated rings. The Morgan fingerprint density at radius 3 is 1.57 bits per heavy atom. The van der Waals surface area contributed by atoms with E-state index in [0.717, 1.165) is 21.7 Å². The van der Waals surface area contributed by atoms with E-state index in [0.29, 0.717) is 5.46 Å². The first-order valence-corrected chi connectivity index (χ1v) is 14.7. The Morgan fingerprint density at radius 2 is 1.17 bits per heavy atom. The molecule has 0 saturated carbocycles. The summed E-state index contributed by atoms with van der Waals surface area (Å²) in [6.07, 6.45) is 9.70. The predicted molar refractivity (Wildman–Crippen MR) is 176 cm³/mol. The summed E-state index contributed by atoms with van der Waals surface area (Å²) in [6, 6.07) is 15.2. The van der Waals surface area contributed by atoms with Crippen LogP contribution in [0.5, 0.6) is 0 Å². The molecule has 2 aromatic heterocycles. The molecule has 0 bridgehead atoms. The zero-order chi connectivity index (χ0) is 30.8. The maximum absolute atomic E-state index is 8.92. The Bertz CT molecular complexity index is 1240. The van der Waals surface area contributed by atoms with Gasteiger partial charge in [-0.3, -0.25) is 9.97 Å². The van der Waals surface area contributed by atoms with Gasteiger partial charge in [0.2, 0.25) is 0 Å². The number of hydrogen-bond donors (Lipinski definition) is 2. The molecule has 0 aliphatic rings. The summed E-state index contributed by atoms with van der Waals surface area (Å²) in [6.45, 7) is 17.5. The summed E-state index contributed by atoms with van der Waals surface area (Å²) in [5, 5.41) is 22.2. The zero-order valence-corrected chi connectivity index (χ0v) is 27.9. The smallest absolute Gasteiger partial charge is 0.423 e. The van der Waals surface area contributed by atoms with Crippen molar-refractivity contribution in [1.82, 2.24) is 9.97 Å². The van der Waals surface area contributed by atoms with Gasteiger partial charge in [-0.1, -0.05) is 53.5 Å². The van der Waals surface area contributed by atoms with Crippen LogP contribution in [0.25, 0.3) is 21.5 Å². The quantitative estimate of drug-likeness (QED) is 0.226. The van der Waals surface area contributed by atoms with E-state index < -0.39 is 14.4 Å². The van der Waals surface area contributed by atoms with E-state index in [4.69, 9.17) is 24.0 Å². The second-order valence-corrected chi connectivity index (χ2v) is 10.8. The summed E-state index contributed by atoms with van der Waals surface area (Å²) >= 11 is 3.41. The van der Waals surface area contributed by atoms with Gasteiger partial charge in [-0.25, -0.2) is 0 Å². The van der Waals surface area contributed by atoms with Crippen molar-refractivity contribution < 1.29 is 42.9 Å². The first-order valence-electron chi connectivity index (χ1n) is 13.9. The molecule has 2 N–H and O–H groups in total. The molecule has 0 saturated heterocycles. The van der Waals surface area contributed by atoms with Crippen molar-refractivity contribution in [2.24, 2.45) is 0 Å². The third-order valence-corrected chi connectivity index (χ3v) is 5.56. The van der Waals surface area contributed by atoms with Gasteiger partial charge in [-0.15, -0.1) is 0 Å². The Balaban J connectivity index is 0.000000559. The van der Waals surface area contributed by atoms with Gasteiger partial charge in [0.15, 0.2) is 0 Å². The number of hydrogen-bond acceptors (Lipinski definition) is 7. The van der Waals surface area contributed by atoms with E-state index in [1.54, 1.807) is 30.7 Å². The number of halogens is 1. The monoisotopic (exact) mass is 632 g/mol. The van der Waals surface area contributed by atoms with Crippen LogP contribution in [0.4, 0.5) is 0 Å². The standard InChI is InChI=1S/C9H8BNO2.C9H21BO3.C9H6BrN.C4H9.Li/c12-10(13)9-2-1-8-6-11-4-3-7(8)5-9;1-7(2)11-10(12-8(3)4)13-9(5)6;10-9-2-1-8-6-11-4-3-7(8)5-9;1-3-4-2;/h1-6,12-13H;7-9H,1-6H3;1-6H;1,3-4H2,2H3;/q;;;-1;+1. The van der Waals surface area contributed by atoms with Crippen LogP contribution in [0.3, 0.4) is 0 Å². The molecular formula is C31H44B2BrLiN2O5.